The molecule has 2 bridgehead atoms. The molecule has 1 aromatic rings. The molecule has 3 rings (SSSR count). The highest BCUT2D eigenvalue weighted by atomic mass is 16.2. The normalized spacial score (nSPS) is 26.2. The van der Waals surface area contributed by atoms with Gasteiger partial charge in [0.25, 0.3) is 0 Å². The second-order valence-electron chi connectivity index (χ2n) is 5.97. The summed E-state index contributed by atoms with van der Waals surface area (Å²) in [5.41, 5.74) is 0. The van der Waals surface area contributed by atoms with E-state index in [9.17, 15) is 4.79 Å². The van der Waals surface area contributed by atoms with Crippen molar-refractivity contribution in [3.05, 3.63) is 5.82 Å². The van der Waals surface area contributed by atoms with Gasteiger partial charge in [-0.15, -0.1) is 5.10 Å². The van der Waals surface area contributed by atoms with E-state index in [2.05, 4.69) is 20.3 Å². The number of piperidine rings is 1. The molecule has 0 aliphatic carbocycles. The maximum atomic E-state index is 12.6. The minimum absolute atomic E-state index is 0.0211. The monoisotopic (exact) mass is 277 g/mol. The minimum atomic E-state index is -0.0211. The maximum Gasteiger partial charge on any atom is 0.324 e. The van der Waals surface area contributed by atoms with Crippen LogP contribution in [-0.4, -0.2) is 37.8 Å². The van der Waals surface area contributed by atoms with Crippen molar-refractivity contribution in [2.45, 2.75) is 64.0 Å². The first-order chi connectivity index (χ1) is 9.65. The number of nitrogens with one attached hydrogen (secondary N) is 1. The number of aryl methyl sites for hydroxylation is 2. The zero-order valence-corrected chi connectivity index (χ0v) is 12.3. The fourth-order valence-electron chi connectivity index (χ4n) is 3.50. The van der Waals surface area contributed by atoms with E-state index in [1.807, 2.05) is 14.0 Å². The average molecular weight is 277 g/mol. The fourth-order valence-corrected chi connectivity index (χ4v) is 3.50. The number of anilines is 1. The molecule has 1 aromatic heterocycles. The summed E-state index contributed by atoms with van der Waals surface area (Å²) in [7, 11) is 1.83. The Hall–Kier alpha value is -1.59. The Morgan fingerprint density at radius 2 is 1.75 bits per heavy atom. The predicted octanol–water partition coefficient (Wildman–Crippen LogP) is 2.45. The number of rotatable bonds is 1. The number of amides is 2. The summed E-state index contributed by atoms with van der Waals surface area (Å²) in [5.74, 6) is 1.22. The van der Waals surface area contributed by atoms with Gasteiger partial charge in [0.2, 0.25) is 5.95 Å². The van der Waals surface area contributed by atoms with Crippen LogP contribution >= 0.6 is 0 Å². The molecule has 110 valence electrons. The molecule has 3 heterocycles. The Balaban J connectivity index is 1.74. The summed E-state index contributed by atoms with van der Waals surface area (Å²) in [6.07, 6.45) is 8.28. The third kappa shape index (κ3) is 2.51. The molecule has 2 saturated heterocycles. The molecule has 0 spiro atoms. The van der Waals surface area contributed by atoms with E-state index in [1.165, 1.54) is 19.3 Å². The van der Waals surface area contributed by atoms with Crippen LogP contribution in [0.5, 0.6) is 0 Å². The van der Waals surface area contributed by atoms with Gasteiger partial charge >= 0.3 is 6.03 Å². The molecule has 2 unspecified atom stereocenters. The topological polar surface area (TPSA) is 63.1 Å². The molecule has 0 aromatic carbocycles. The molecular formula is C14H23N5O. The van der Waals surface area contributed by atoms with Gasteiger partial charge in [0.15, 0.2) is 0 Å². The van der Waals surface area contributed by atoms with Crippen LogP contribution in [0.15, 0.2) is 0 Å². The lowest BCUT2D eigenvalue weighted by Crippen LogP contribution is -2.50. The van der Waals surface area contributed by atoms with Gasteiger partial charge < -0.3 is 4.90 Å². The number of urea groups is 1. The molecule has 0 saturated carbocycles. The summed E-state index contributed by atoms with van der Waals surface area (Å²) in [5, 5.41) is 7.08. The van der Waals surface area contributed by atoms with Crippen molar-refractivity contribution in [3.8, 4) is 0 Å². The molecule has 2 aliphatic heterocycles. The highest BCUT2D eigenvalue weighted by molar-refractivity contribution is 5.88. The van der Waals surface area contributed by atoms with Gasteiger partial charge in [-0.05, 0) is 39.0 Å². The summed E-state index contributed by atoms with van der Waals surface area (Å²) in [6.45, 7) is 1.88. The highest BCUT2D eigenvalue weighted by Gasteiger charge is 2.35. The van der Waals surface area contributed by atoms with Crippen molar-refractivity contribution < 1.29 is 4.79 Å². The van der Waals surface area contributed by atoms with E-state index < -0.39 is 0 Å². The van der Waals surface area contributed by atoms with E-state index >= 15 is 0 Å². The molecule has 20 heavy (non-hydrogen) atoms. The zero-order chi connectivity index (χ0) is 14.1. The molecule has 0 radical (unpaired) electrons. The smallest absolute Gasteiger partial charge is 0.318 e. The quantitative estimate of drug-likeness (QED) is 0.857. The van der Waals surface area contributed by atoms with E-state index in [0.29, 0.717) is 18.0 Å². The van der Waals surface area contributed by atoms with Gasteiger partial charge in [-0.2, -0.15) is 4.98 Å². The van der Waals surface area contributed by atoms with Crippen LogP contribution in [0.1, 0.15) is 50.8 Å². The summed E-state index contributed by atoms with van der Waals surface area (Å²) >= 11 is 0. The fraction of sp³-hybridized carbons (Fsp3) is 0.786. The standard InChI is InChI=1S/C14H23N5O/c1-10-15-13(17-18(10)2)16-14(20)19-11-6-3-4-7-12(19)9-5-8-11/h11-12H,3-9H2,1-2H3,(H,16,17,20). The zero-order valence-electron chi connectivity index (χ0n) is 12.3. The third-order valence-corrected chi connectivity index (χ3v) is 4.62. The second-order valence-corrected chi connectivity index (χ2v) is 5.97. The summed E-state index contributed by atoms with van der Waals surface area (Å²) in [4.78, 5) is 18.9. The first kappa shape index (κ1) is 13.4. The lowest BCUT2D eigenvalue weighted by molar-refractivity contribution is 0.119. The van der Waals surface area contributed by atoms with Crippen molar-refractivity contribution >= 4 is 12.0 Å². The molecule has 6 heteroatoms. The number of hydrogen-bond acceptors (Lipinski definition) is 3. The molecule has 1 N–H and O–H groups in total. The van der Waals surface area contributed by atoms with Crippen LogP contribution in [0.25, 0.3) is 0 Å². The van der Waals surface area contributed by atoms with E-state index in [-0.39, 0.29) is 6.03 Å². The number of aromatic nitrogens is 3. The van der Waals surface area contributed by atoms with E-state index in [0.717, 1.165) is 31.5 Å². The Morgan fingerprint density at radius 1 is 1.15 bits per heavy atom. The Kier molecular flexibility index (Phi) is 3.63. The molecule has 6 nitrogen and oxygen atoms in total. The number of carbonyl (C=O) groups excluding carboxylic acids is 1. The Labute approximate surface area is 119 Å². The first-order valence-corrected chi connectivity index (χ1v) is 7.62. The van der Waals surface area contributed by atoms with Crippen molar-refractivity contribution in [3.63, 3.8) is 0 Å². The lowest BCUT2D eigenvalue weighted by Gasteiger charge is -2.40. The molecule has 2 amide bonds. The summed E-state index contributed by atoms with van der Waals surface area (Å²) < 4.78 is 1.68. The van der Waals surface area contributed by atoms with E-state index in [1.54, 1.807) is 4.68 Å². The predicted molar refractivity (Wildman–Crippen MR) is 76.5 cm³/mol. The van der Waals surface area contributed by atoms with Crippen LogP contribution in [0, 0.1) is 6.92 Å². The third-order valence-electron chi connectivity index (χ3n) is 4.62. The van der Waals surface area contributed by atoms with E-state index in [4.69, 9.17) is 0 Å². The van der Waals surface area contributed by atoms with Crippen LogP contribution < -0.4 is 5.32 Å². The first-order valence-electron chi connectivity index (χ1n) is 7.62. The molecule has 2 fully saturated rings. The number of nitrogens with zero attached hydrogens (tertiary/aromatic N) is 4. The SMILES string of the molecule is Cc1nc(NC(=O)N2C3CCCCC2CCC3)nn1C. The maximum absolute atomic E-state index is 12.6. The number of carbonyl (C=O) groups is 1. The van der Waals surface area contributed by atoms with Crippen LogP contribution in [0.4, 0.5) is 10.7 Å². The largest absolute Gasteiger partial charge is 0.324 e. The van der Waals surface area contributed by atoms with Gasteiger partial charge in [-0.25, -0.2) is 4.79 Å². The van der Waals surface area contributed by atoms with Crippen molar-refractivity contribution in [1.82, 2.24) is 19.7 Å². The Bertz CT molecular complexity index is 464. The highest BCUT2D eigenvalue weighted by Crippen LogP contribution is 2.32. The van der Waals surface area contributed by atoms with Gasteiger partial charge in [0, 0.05) is 19.1 Å². The van der Waals surface area contributed by atoms with Gasteiger partial charge in [-0.3, -0.25) is 10.00 Å². The Morgan fingerprint density at radius 3 is 2.30 bits per heavy atom. The van der Waals surface area contributed by atoms with Crippen molar-refractivity contribution in [1.29, 1.82) is 0 Å². The molecule has 2 aliphatic rings. The van der Waals surface area contributed by atoms with Crippen LogP contribution in [0.3, 0.4) is 0 Å². The minimum Gasteiger partial charge on any atom is -0.318 e. The van der Waals surface area contributed by atoms with Gasteiger partial charge in [-0.1, -0.05) is 12.8 Å². The number of hydrogen-bond donors (Lipinski definition) is 1. The second kappa shape index (κ2) is 5.42. The van der Waals surface area contributed by atoms with Crippen LogP contribution in [0.2, 0.25) is 0 Å². The average Bonchev–Trinajstić information content (AvgIpc) is 2.66. The van der Waals surface area contributed by atoms with Crippen molar-refractivity contribution in [2.24, 2.45) is 7.05 Å². The van der Waals surface area contributed by atoms with Crippen LogP contribution in [-0.2, 0) is 7.05 Å². The van der Waals surface area contributed by atoms with Gasteiger partial charge in [0.1, 0.15) is 5.82 Å². The summed E-state index contributed by atoms with van der Waals surface area (Å²) in [6, 6.07) is 0.786. The molecular weight excluding hydrogens is 254 g/mol. The molecule has 2 atom stereocenters. The number of fused-ring (bicyclic) bond motifs is 2. The lowest BCUT2D eigenvalue weighted by atomic mass is 9.95. The van der Waals surface area contributed by atoms with Crippen molar-refractivity contribution in [2.75, 3.05) is 5.32 Å². The van der Waals surface area contributed by atoms with Gasteiger partial charge in [0.05, 0.1) is 0 Å².